The number of methoxy groups -OCH3 is 2. The van der Waals surface area contributed by atoms with Crippen LogP contribution in [0.3, 0.4) is 0 Å². The first-order chi connectivity index (χ1) is 11.8. The number of carbonyl (C=O) groups is 2. The number of rotatable bonds is 5. The molecule has 1 heterocycles. The molecule has 0 spiro atoms. The molecule has 1 aliphatic heterocycles. The van der Waals surface area contributed by atoms with Crippen molar-refractivity contribution in [2.75, 3.05) is 14.2 Å². The molecule has 1 aliphatic rings. The van der Waals surface area contributed by atoms with Crippen LogP contribution in [0.2, 0.25) is 5.02 Å². The standard InChI is InChI=1S/C17H21ClN2O5/c1-8(2)25-16(21)13-9(3)19-17(22)20-14(13)10-6-11(18)15(24-5)12(7-10)23-4/h6-8,14H,1-5H3,(H2,19,20,22). The van der Waals surface area contributed by atoms with E-state index in [0.717, 1.165) is 0 Å². The van der Waals surface area contributed by atoms with Crippen molar-refractivity contribution in [3.05, 3.63) is 34.0 Å². The highest BCUT2D eigenvalue weighted by atomic mass is 35.5. The highest BCUT2D eigenvalue weighted by molar-refractivity contribution is 6.32. The van der Waals surface area contributed by atoms with Crippen molar-refractivity contribution in [1.82, 2.24) is 10.6 Å². The van der Waals surface area contributed by atoms with Crippen molar-refractivity contribution < 1.29 is 23.8 Å². The number of halogens is 1. The fourth-order valence-electron chi connectivity index (χ4n) is 2.60. The lowest BCUT2D eigenvalue weighted by molar-refractivity contribution is -0.143. The Hall–Kier alpha value is -2.41. The molecule has 1 atom stereocenters. The van der Waals surface area contributed by atoms with Crippen molar-refractivity contribution in [1.29, 1.82) is 0 Å². The van der Waals surface area contributed by atoms with Crippen molar-refractivity contribution in [3.63, 3.8) is 0 Å². The Kier molecular flexibility index (Phi) is 5.79. The van der Waals surface area contributed by atoms with E-state index < -0.39 is 18.0 Å². The van der Waals surface area contributed by atoms with E-state index in [1.165, 1.54) is 14.2 Å². The monoisotopic (exact) mass is 368 g/mol. The van der Waals surface area contributed by atoms with Crippen LogP contribution in [0, 0.1) is 0 Å². The summed E-state index contributed by atoms with van der Waals surface area (Å²) in [6.07, 6.45) is -0.292. The van der Waals surface area contributed by atoms with E-state index in [9.17, 15) is 9.59 Å². The molecule has 8 heteroatoms. The second kappa shape index (κ2) is 7.65. The van der Waals surface area contributed by atoms with Crippen molar-refractivity contribution >= 4 is 23.6 Å². The Labute approximate surface area is 151 Å². The molecular formula is C17H21ClN2O5. The molecule has 0 radical (unpaired) electrons. The van der Waals surface area contributed by atoms with Gasteiger partial charge in [-0.05, 0) is 38.5 Å². The first kappa shape index (κ1) is 18.9. The zero-order valence-corrected chi connectivity index (χ0v) is 15.5. The molecule has 1 aromatic carbocycles. The first-order valence-corrected chi connectivity index (χ1v) is 8.07. The average molecular weight is 369 g/mol. The molecule has 2 rings (SSSR count). The SMILES string of the molecule is COc1cc(C2NC(=O)NC(C)=C2C(=O)OC(C)C)cc(Cl)c1OC. The fraction of sp³-hybridized carbons (Fsp3) is 0.412. The number of allylic oxidation sites excluding steroid dienone is 1. The van der Waals surface area contributed by atoms with Crippen molar-refractivity contribution in [3.8, 4) is 11.5 Å². The van der Waals surface area contributed by atoms with Gasteiger partial charge in [-0.25, -0.2) is 9.59 Å². The highest BCUT2D eigenvalue weighted by Crippen LogP contribution is 2.39. The van der Waals surface area contributed by atoms with Crippen LogP contribution in [0.25, 0.3) is 0 Å². The van der Waals surface area contributed by atoms with Crippen LogP contribution >= 0.6 is 11.6 Å². The van der Waals surface area contributed by atoms with Crippen LogP contribution in [0.4, 0.5) is 4.79 Å². The summed E-state index contributed by atoms with van der Waals surface area (Å²) in [6.45, 7) is 5.15. The number of esters is 1. The van der Waals surface area contributed by atoms with E-state index >= 15 is 0 Å². The summed E-state index contributed by atoms with van der Waals surface area (Å²) in [7, 11) is 2.96. The Morgan fingerprint density at radius 2 is 1.92 bits per heavy atom. The molecule has 1 aromatic rings. The predicted octanol–water partition coefficient (Wildman–Crippen LogP) is 2.94. The summed E-state index contributed by atoms with van der Waals surface area (Å²) in [5, 5.41) is 5.61. The molecule has 0 bridgehead atoms. The molecule has 7 nitrogen and oxygen atoms in total. The van der Waals surface area contributed by atoms with E-state index in [1.54, 1.807) is 32.9 Å². The number of ether oxygens (including phenoxy) is 3. The number of benzene rings is 1. The zero-order chi connectivity index (χ0) is 18.7. The van der Waals surface area contributed by atoms with Gasteiger partial charge in [-0.3, -0.25) is 0 Å². The quantitative estimate of drug-likeness (QED) is 0.780. The van der Waals surface area contributed by atoms with E-state index in [0.29, 0.717) is 33.4 Å². The average Bonchev–Trinajstić information content (AvgIpc) is 2.52. The number of urea groups is 1. The lowest BCUT2D eigenvalue weighted by Gasteiger charge is -2.29. The Morgan fingerprint density at radius 1 is 1.24 bits per heavy atom. The van der Waals surface area contributed by atoms with Gasteiger partial charge in [-0.1, -0.05) is 11.6 Å². The lowest BCUT2D eigenvalue weighted by atomic mass is 9.95. The van der Waals surface area contributed by atoms with E-state index in [4.69, 9.17) is 25.8 Å². The third-order valence-electron chi connectivity index (χ3n) is 3.62. The molecule has 1 unspecified atom stereocenters. The minimum atomic E-state index is -0.725. The Balaban J connectivity index is 2.54. The van der Waals surface area contributed by atoms with Gasteiger partial charge in [0.05, 0.1) is 37.0 Å². The second-order valence-electron chi connectivity index (χ2n) is 5.76. The molecule has 0 aliphatic carbocycles. The molecule has 0 saturated heterocycles. The second-order valence-corrected chi connectivity index (χ2v) is 6.17. The van der Waals surface area contributed by atoms with Crippen LogP contribution in [0.5, 0.6) is 11.5 Å². The maximum Gasteiger partial charge on any atom is 0.338 e. The third kappa shape index (κ3) is 3.99. The summed E-state index contributed by atoms with van der Waals surface area (Å²) in [5.41, 5.74) is 1.30. The summed E-state index contributed by atoms with van der Waals surface area (Å²) in [6, 6.07) is 2.14. The number of carbonyl (C=O) groups excluding carboxylic acids is 2. The lowest BCUT2D eigenvalue weighted by Crippen LogP contribution is -2.45. The van der Waals surface area contributed by atoms with Gasteiger partial charge < -0.3 is 24.8 Å². The molecule has 0 fully saturated rings. The van der Waals surface area contributed by atoms with Gasteiger partial charge in [-0.2, -0.15) is 0 Å². The summed E-state index contributed by atoms with van der Waals surface area (Å²) in [4.78, 5) is 24.4. The third-order valence-corrected chi connectivity index (χ3v) is 3.90. The minimum Gasteiger partial charge on any atom is -0.493 e. The van der Waals surface area contributed by atoms with Gasteiger partial charge in [0.1, 0.15) is 0 Å². The Morgan fingerprint density at radius 3 is 2.48 bits per heavy atom. The highest BCUT2D eigenvalue weighted by Gasteiger charge is 2.33. The van der Waals surface area contributed by atoms with Crippen LogP contribution in [-0.4, -0.2) is 32.3 Å². The summed E-state index contributed by atoms with van der Waals surface area (Å²) in [5.74, 6) is 0.253. The molecule has 2 amide bonds. The smallest absolute Gasteiger partial charge is 0.338 e. The van der Waals surface area contributed by atoms with E-state index in [2.05, 4.69) is 10.6 Å². The van der Waals surface area contributed by atoms with Crippen LogP contribution in [0.1, 0.15) is 32.4 Å². The summed E-state index contributed by atoms with van der Waals surface area (Å²) < 4.78 is 15.8. The number of nitrogens with one attached hydrogen (secondary N) is 2. The molecular weight excluding hydrogens is 348 g/mol. The molecule has 136 valence electrons. The Bertz CT molecular complexity index is 730. The van der Waals surface area contributed by atoms with Crippen molar-refractivity contribution in [2.24, 2.45) is 0 Å². The molecule has 0 saturated carbocycles. The van der Waals surface area contributed by atoms with E-state index in [1.807, 2.05) is 0 Å². The van der Waals surface area contributed by atoms with Crippen LogP contribution in [0.15, 0.2) is 23.4 Å². The largest absolute Gasteiger partial charge is 0.493 e. The molecule has 25 heavy (non-hydrogen) atoms. The van der Waals surface area contributed by atoms with Crippen LogP contribution < -0.4 is 20.1 Å². The molecule has 2 N–H and O–H groups in total. The maximum atomic E-state index is 12.5. The maximum absolute atomic E-state index is 12.5. The van der Waals surface area contributed by atoms with Gasteiger partial charge >= 0.3 is 12.0 Å². The normalized spacial score (nSPS) is 17.1. The topological polar surface area (TPSA) is 85.9 Å². The predicted molar refractivity (Wildman–Crippen MR) is 92.9 cm³/mol. The molecule has 0 aromatic heterocycles. The minimum absolute atomic E-state index is 0.292. The number of amides is 2. The number of hydrogen-bond acceptors (Lipinski definition) is 5. The fourth-order valence-corrected chi connectivity index (χ4v) is 2.89. The number of hydrogen-bond donors (Lipinski definition) is 2. The first-order valence-electron chi connectivity index (χ1n) is 7.69. The summed E-state index contributed by atoms with van der Waals surface area (Å²) >= 11 is 6.25. The van der Waals surface area contributed by atoms with Gasteiger partial charge in [0.2, 0.25) is 0 Å². The van der Waals surface area contributed by atoms with E-state index in [-0.39, 0.29) is 6.10 Å². The zero-order valence-electron chi connectivity index (χ0n) is 14.7. The van der Waals surface area contributed by atoms with Crippen molar-refractivity contribution in [2.45, 2.75) is 32.9 Å². The van der Waals surface area contributed by atoms with Gasteiger partial charge in [0, 0.05) is 5.70 Å². The van der Waals surface area contributed by atoms with Gasteiger partial charge in [-0.15, -0.1) is 0 Å². The van der Waals surface area contributed by atoms with Crippen LogP contribution in [-0.2, 0) is 9.53 Å². The van der Waals surface area contributed by atoms with Gasteiger partial charge in [0.15, 0.2) is 11.5 Å². The van der Waals surface area contributed by atoms with Gasteiger partial charge in [0.25, 0.3) is 0 Å².